The van der Waals surface area contributed by atoms with Gasteiger partial charge in [-0.2, -0.15) is 4.31 Å². The number of nitro groups is 1. The SMILES string of the molecule is CS(=O)(=O)N1CCN(c2cc([N+](=O)[O-])cc(Cl)n2)CC1. The largest absolute Gasteiger partial charge is 0.354 e. The fourth-order valence-electron chi connectivity index (χ4n) is 1.99. The maximum atomic E-state index is 11.4. The molecule has 2 heterocycles. The van der Waals surface area contributed by atoms with Gasteiger partial charge in [-0.3, -0.25) is 10.1 Å². The van der Waals surface area contributed by atoms with Crippen molar-refractivity contribution in [3.8, 4) is 0 Å². The Labute approximate surface area is 121 Å². The van der Waals surface area contributed by atoms with Crippen LogP contribution in [0.25, 0.3) is 0 Å². The van der Waals surface area contributed by atoms with E-state index >= 15 is 0 Å². The van der Waals surface area contributed by atoms with Gasteiger partial charge >= 0.3 is 0 Å². The molecule has 110 valence electrons. The van der Waals surface area contributed by atoms with Crippen LogP contribution in [0.15, 0.2) is 12.1 Å². The lowest BCUT2D eigenvalue weighted by Gasteiger charge is -2.33. The van der Waals surface area contributed by atoms with E-state index in [2.05, 4.69) is 4.98 Å². The predicted octanol–water partition coefficient (Wildman–Crippen LogP) is 0.725. The lowest BCUT2D eigenvalue weighted by Crippen LogP contribution is -2.48. The molecule has 8 nitrogen and oxygen atoms in total. The van der Waals surface area contributed by atoms with Gasteiger partial charge in [0.2, 0.25) is 10.0 Å². The lowest BCUT2D eigenvalue weighted by molar-refractivity contribution is -0.384. The zero-order valence-corrected chi connectivity index (χ0v) is 12.3. The van der Waals surface area contributed by atoms with Crippen LogP contribution in [0.2, 0.25) is 5.15 Å². The Morgan fingerprint density at radius 3 is 2.40 bits per heavy atom. The highest BCUT2D eigenvalue weighted by Gasteiger charge is 2.25. The van der Waals surface area contributed by atoms with Gasteiger partial charge in [-0.05, 0) is 0 Å². The van der Waals surface area contributed by atoms with Crippen molar-refractivity contribution in [1.29, 1.82) is 0 Å². The topological polar surface area (TPSA) is 96.7 Å². The molecule has 1 aromatic rings. The maximum absolute atomic E-state index is 11.4. The zero-order chi connectivity index (χ0) is 14.9. The number of nitrogens with zero attached hydrogens (tertiary/aromatic N) is 4. The van der Waals surface area contributed by atoms with Crippen LogP contribution < -0.4 is 4.90 Å². The molecule has 0 saturated carbocycles. The number of pyridine rings is 1. The van der Waals surface area contributed by atoms with E-state index in [1.165, 1.54) is 16.4 Å². The Morgan fingerprint density at radius 1 is 1.30 bits per heavy atom. The van der Waals surface area contributed by atoms with E-state index in [1.807, 2.05) is 0 Å². The summed E-state index contributed by atoms with van der Waals surface area (Å²) in [6, 6.07) is 2.51. The average molecular weight is 321 g/mol. The Kier molecular flexibility index (Phi) is 4.11. The van der Waals surface area contributed by atoms with Crippen LogP contribution in [0, 0.1) is 10.1 Å². The van der Waals surface area contributed by atoms with Gasteiger partial charge in [0.05, 0.1) is 23.3 Å². The molecule has 0 atom stereocenters. The van der Waals surface area contributed by atoms with Gasteiger partial charge in [0.1, 0.15) is 11.0 Å². The van der Waals surface area contributed by atoms with Crippen molar-refractivity contribution in [2.45, 2.75) is 0 Å². The van der Waals surface area contributed by atoms with Crippen LogP contribution >= 0.6 is 11.6 Å². The van der Waals surface area contributed by atoms with Gasteiger partial charge in [-0.15, -0.1) is 0 Å². The Hall–Kier alpha value is -1.45. The number of hydrogen-bond acceptors (Lipinski definition) is 6. The van der Waals surface area contributed by atoms with Crippen molar-refractivity contribution in [2.24, 2.45) is 0 Å². The summed E-state index contributed by atoms with van der Waals surface area (Å²) in [6.07, 6.45) is 1.16. The van der Waals surface area contributed by atoms with E-state index in [0.29, 0.717) is 32.0 Å². The first kappa shape index (κ1) is 14.9. The summed E-state index contributed by atoms with van der Waals surface area (Å²) in [7, 11) is -3.21. The molecule has 0 unspecified atom stereocenters. The van der Waals surface area contributed by atoms with E-state index in [-0.39, 0.29) is 10.8 Å². The highest BCUT2D eigenvalue weighted by atomic mass is 35.5. The second-order valence-electron chi connectivity index (χ2n) is 4.41. The molecule has 1 fully saturated rings. The molecule has 0 aromatic carbocycles. The summed E-state index contributed by atoms with van der Waals surface area (Å²) in [5.74, 6) is 0.386. The summed E-state index contributed by atoms with van der Waals surface area (Å²) in [5, 5.41) is 10.8. The number of sulfonamides is 1. The smallest absolute Gasteiger partial charge is 0.276 e. The Bertz CT molecular complexity index is 628. The molecule has 1 aromatic heterocycles. The quantitative estimate of drug-likeness (QED) is 0.462. The molecule has 0 spiro atoms. The number of hydrogen-bond donors (Lipinski definition) is 0. The monoisotopic (exact) mass is 320 g/mol. The molecular formula is C10H13ClN4O4S. The molecule has 0 N–H and O–H groups in total. The highest BCUT2D eigenvalue weighted by Crippen LogP contribution is 2.24. The molecule has 0 radical (unpaired) electrons. The number of rotatable bonds is 3. The summed E-state index contributed by atoms with van der Waals surface area (Å²) < 4.78 is 24.2. The minimum Gasteiger partial charge on any atom is -0.354 e. The van der Waals surface area contributed by atoms with Gasteiger partial charge in [0.15, 0.2) is 0 Å². The summed E-state index contributed by atoms with van der Waals surface area (Å²) in [6.45, 7) is 1.47. The molecule has 1 aliphatic rings. The molecule has 1 aliphatic heterocycles. The van der Waals surface area contributed by atoms with Gasteiger partial charge < -0.3 is 4.90 Å². The number of halogens is 1. The van der Waals surface area contributed by atoms with E-state index in [4.69, 9.17) is 11.6 Å². The summed E-state index contributed by atoms with van der Waals surface area (Å²) in [5.41, 5.74) is -0.134. The third kappa shape index (κ3) is 3.35. The van der Waals surface area contributed by atoms with Crippen LogP contribution in [0.3, 0.4) is 0 Å². The first-order chi connectivity index (χ1) is 9.27. The molecule has 2 rings (SSSR count). The van der Waals surface area contributed by atoms with Crippen molar-refractivity contribution < 1.29 is 13.3 Å². The minimum absolute atomic E-state index is 0.0414. The molecule has 0 aliphatic carbocycles. The third-order valence-electron chi connectivity index (χ3n) is 3.01. The van der Waals surface area contributed by atoms with Gasteiger partial charge in [0.25, 0.3) is 5.69 Å². The fourth-order valence-corrected chi connectivity index (χ4v) is 3.01. The molecule has 1 saturated heterocycles. The minimum atomic E-state index is -3.21. The standard InChI is InChI=1S/C10H13ClN4O4S/c1-20(18,19)14-4-2-13(3-5-14)10-7-8(15(16)17)6-9(11)12-10/h6-7H,2-5H2,1H3. The van der Waals surface area contributed by atoms with Crippen LogP contribution in [-0.4, -0.2) is 55.1 Å². The number of anilines is 1. The normalized spacial score (nSPS) is 17.2. The molecule has 20 heavy (non-hydrogen) atoms. The van der Waals surface area contributed by atoms with Crippen molar-refractivity contribution in [2.75, 3.05) is 37.3 Å². The Balaban J connectivity index is 2.17. The van der Waals surface area contributed by atoms with Crippen LogP contribution in [0.4, 0.5) is 11.5 Å². The van der Waals surface area contributed by atoms with E-state index in [9.17, 15) is 18.5 Å². The van der Waals surface area contributed by atoms with E-state index < -0.39 is 14.9 Å². The average Bonchev–Trinajstić information content (AvgIpc) is 2.37. The van der Waals surface area contributed by atoms with Crippen LogP contribution in [-0.2, 0) is 10.0 Å². The van der Waals surface area contributed by atoms with Gasteiger partial charge in [-0.25, -0.2) is 13.4 Å². The van der Waals surface area contributed by atoms with Gasteiger partial charge in [-0.1, -0.05) is 11.6 Å². The molecule has 0 amide bonds. The highest BCUT2D eigenvalue weighted by molar-refractivity contribution is 7.88. The first-order valence-electron chi connectivity index (χ1n) is 5.79. The molecular weight excluding hydrogens is 308 g/mol. The van der Waals surface area contributed by atoms with Crippen molar-refractivity contribution >= 4 is 33.1 Å². The van der Waals surface area contributed by atoms with Crippen molar-refractivity contribution in [3.63, 3.8) is 0 Å². The molecule has 0 bridgehead atoms. The fraction of sp³-hybridized carbons (Fsp3) is 0.500. The number of piperazine rings is 1. The van der Waals surface area contributed by atoms with Crippen molar-refractivity contribution in [3.05, 3.63) is 27.4 Å². The van der Waals surface area contributed by atoms with Crippen LogP contribution in [0.1, 0.15) is 0 Å². The first-order valence-corrected chi connectivity index (χ1v) is 8.02. The summed E-state index contributed by atoms with van der Waals surface area (Å²) in [4.78, 5) is 16.1. The van der Waals surface area contributed by atoms with Crippen LogP contribution in [0.5, 0.6) is 0 Å². The van der Waals surface area contributed by atoms with Gasteiger partial charge in [0, 0.05) is 26.2 Å². The van der Waals surface area contributed by atoms with E-state index in [0.717, 1.165) is 6.26 Å². The Morgan fingerprint density at radius 2 is 1.90 bits per heavy atom. The third-order valence-corrected chi connectivity index (χ3v) is 4.50. The predicted molar refractivity (Wildman–Crippen MR) is 74.5 cm³/mol. The second kappa shape index (κ2) is 5.51. The van der Waals surface area contributed by atoms with E-state index in [1.54, 1.807) is 4.90 Å². The lowest BCUT2D eigenvalue weighted by atomic mass is 10.3. The van der Waals surface area contributed by atoms with Crippen molar-refractivity contribution in [1.82, 2.24) is 9.29 Å². The number of aromatic nitrogens is 1. The second-order valence-corrected chi connectivity index (χ2v) is 6.78. The molecule has 10 heteroatoms. The summed E-state index contributed by atoms with van der Waals surface area (Å²) >= 11 is 5.77. The maximum Gasteiger partial charge on any atom is 0.276 e. The zero-order valence-electron chi connectivity index (χ0n) is 10.7.